The number of aromatic amines is 1. The fourth-order valence-electron chi connectivity index (χ4n) is 6.63. The van der Waals surface area contributed by atoms with Crippen LogP contribution in [0, 0.1) is 0 Å². The van der Waals surface area contributed by atoms with Gasteiger partial charge in [-0.15, -0.1) is 0 Å². The van der Waals surface area contributed by atoms with Crippen LogP contribution in [0.3, 0.4) is 0 Å². The van der Waals surface area contributed by atoms with Crippen LogP contribution in [-0.4, -0.2) is 79.5 Å². The third kappa shape index (κ3) is 7.02. The summed E-state index contributed by atoms with van der Waals surface area (Å²) in [5, 5.41) is 30.3. The summed E-state index contributed by atoms with van der Waals surface area (Å²) in [5.74, 6) is -2.87. The van der Waals surface area contributed by atoms with E-state index in [1.165, 1.54) is 20.4 Å². The number of nitrogens with one attached hydrogen (secondary N) is 5. The number of aliphatic hydroxyl groups is 2. The highest BCUT2D eigenvalue weighted by Gasteiger charge is 2.40. The molecular weight excluding hydrogens is 676 g/mol. The van der Waals surface area contributed by atoms with Crippen molar-refractivity contribution in [2.24, 2.45) is 0 Å². The molecule has 4 amide bonds. The van der Waals surface area contributed by atoms with Crippen molar-refractivity contribution in [1.29, 1.82) is 0 Å². The third-order valence-electron chi connectivity index (χ3n) is 9.14. The minimum Gasteiger partial charge on any atom is -0.509 e. The first kappa shape index (κ1) is 35.9. The highest BCUT2D eigenvalue weighted by atomic mass is 16.3. The lowest BCUT2D eigenvalue weighted by Crippen LogP contribution is -2.37. The van der Waals surface area contributed by atoms with E-state index in [2.05, 4.69) is 77.2 Å². The van der Waals surface area contributed by atoms with E-state index in [4.69, 9.17) is 0 Å². The van der Waals surface area contributed by atoms with Crippen molar-refractivity contribution in [1.82, 2.24) is 40.8 Å². The number of rotatable bonds is 10. The van der Waals surface area contributed by atoms with Crippen LogP contribution in [-0.2, 0) is 37.6 Å². The number of aliphatic hydroxyl groups excluding tert-OH is 2. The number of H-pyrrole nitrogens is 1. The molecule has 3 aromatic carbocycles. The van der Waals surface area contributed by atoms with E-state index < -0.39 is 41.3 Å². The van der Waals surface area contributed by atoms with Crippen LogP contribution < -0.4 is 21.3 Å². The van der Waals surface area contributed by atoms with Crippen molar-refractivity contribution in [3.05, 3.63) is 167 Å². The molecule has 7 N–H and O–H groups in total. The summed E-state index contributed by atoms with van der Waals surface area (Å²) in [7, 11) is 2.82. The summed E-state index contributed by atoms with van der Waals surface area (Å²) in [4.78, 5) is 58.5. The number of hydrogen-bond donors (Lipinski definition) is 7. The van der Waals surface area contributed by atoms with Crippen LogP contribution in [0.15, 0.2) is 139 Å². The molecule has 2 atom stereocenters. The Morgan fingerprint density at radius 1 is 0.736 bits per heavy atom. The molecule has 0 bridgehead atoms. The quantitative estimate of drug-likeness (QED) is 0.0843. The minimum atomic E-state index is -0.729. The summed E-state index contributed by atoms with van der Waals surface area (Å²) in [6.07, 6.45) is 7.41. The molecule has 14 heteroatoms. The van der Waals surface area contributed by atoms with E-state index >= 15 is 0 Å². The Labute approximate surface area is 304 Å². The van der Waals surface area contributed by atoms with Gasteiger partial charge in [-0.05, 0) is 16.7 Å². The molecule has 0 saturated carbocycles. The van der Waals surface area contributed by atoms with Gasteiger partial charge in [0.2, 0.25) is 0 Å². The molecule has 4 heterocycles. The molecule has 0 aliphatic carbocycles. The second-order valence-electron chi connectivity index (χ2n) is 12.3. The van der Waals surface area contributed by atoms with Crippen molar-refractivity contribution in [2.45, 2.75) is 30.5 Å². The second kappa shape index (κ2) is 15.5. The SMILES string of the molecule is CNC(=O)C1=C(O)C(Cc2cn(C(c3ccccc3)(c3ccccc3)c3ccccc3)cn2)NC1=O.CNC(=O)C1=C(O)C(Cc2cnc[nH]2)NC1=O. The molecule has 2 aromatic heterocycles. The molecule has 2 aliphatic rings. The first-order chi connectivity index (χ1) is 25.7. The van der Waals surface area contributed by atoms with E-state index in [1.807, 2.05) is 60.8 Å². The summed E-state index contributed by atoms with van der Waals surface area (Å²) in [5.41, 5.74) is 3.42. The van der Waals surface area contributed by atoms with E-state index in [0.29, 0.717) is 12.1 Å². The lowest BCUT2D eigenvalue weighted by atomic mass is 9.77. The minimum absolute atomic E-state index is 0.225. The Morgan fingerprint density at radius 2 is 1.19 bits per heavy atom. The normalized spacial score (nSPS) is 16.8. The molecule has 0 radical (unpaired) electrons. The van der Waals surface area contributed by atoms with Crippen molar-refractivity contribution in [3.63, 3.8) is 0 Å². The van der Waals surface area contributed by atoms with Crippen LogP contribution in [0.1, 0.15) is 28.1 Å². The molecule has 2 unspecified atom stereocenters. The number of nitrogens with zero attached hydrogens (tertiary/aromatic N) is 3. The van der Waals surface area contributed by atoms with Crippen molar-refractivity contribution in [3.8, 4) is 0 Å². The van der Waals surface area contributed by atoms with Gasteiger partial charge in [-0.25, -0.2) is 9.97 Å². The first-order valence-electron chi connectivity index (χ1n) is 16.8. The monoisotopic (exact) mass is 714 g/mol. The fraction of sp³-hybridized carbons (Fsp3) is 0.179. The Balaban J connectivity index is 0.000000236. The number of imidazole rings is 2. The fourth-order valence-corrected chi connectivity index (χ4v) is 6.63. The maximum Gasteiger partial charge on any atom is 0.261 e. The summed E-state index contributed by atoms with van der Waals surface area (Å²) >= 11 is 0. The molecule has 7 rings (SSSR count). The van der Waals surface area contributed by atoms with Crippen LogP contribution in [0.2, 0.25) is 0 Å². The summed E-state index contributed by atoms with van der Waals surface area (Å²) in [6.45, 7) is 0. The van der Waals surface area contributed by atoms with Gasteiger partial charge in [0.15, 0.2) is 0 Å². The first-order valence-corrected chi connectivity index (χ1v) is 16.8. The molecule has 0 spiro atoms. The number of aromatic nitrogens is 4. The summed E-state index contributed by atoms with van der Waals surface area (Å²) in [6, 6.07) is 29.4. The maximum atomic E-state index is 12.3. The van der Waals surface area contributed by atoms with Crippen molar-refractivity contribution >= 4 is 23.6 Å². The van der Waals surface area contributed by atoms with Crippen molar-refractivity contribution < 1.29 is 29.4 Å². The number of carbonyl (C=O) groups excluding carboxylic acids is 4. The van der Waals surface area contributed by atoms with Crippen LogP contribution in [0.4, 0.5) is 0 Å². The molecule has 5 aromatic rings. The van der Waals surface area contributed by atoms with Gasteiger partial charge in [-0.1, -0.05) is 91.0 Å². The molecule has 53 heavy (non-hydrogen) atoms. The van der Waals surface area contributed by atoms with Gasteiger partial charge in [0.25, 0.3) is 23.6 Å². The zero-order chi connectivity index (χ0) is 37.5. The van der Waals surface area contributed by atoms with Gasteiger partial charge < -0.3 is 41.0 Å². The lowest BCUT2D eigenvalue weighted by molar-refractivity contribution is -0.124. The number of likely N-dealkylation sites (N-methyl/N-ethyl adjacent to an activating group) is 2. The Bertz CT molecular complexity index is 2070. The van der Waals surface area contributed by atoms with E-state index in [0.717, 1.165) is 22.4 Å². The highest BCUT2D eigenvalue weighted by Crippen LogP contribution is 2.41. The van der Waals surface area contributed by atoms with Crippen LogP contribution >= 0.6 is 0 Å². The number of carbonyl (C=O) groups is 4. The second-order valence-corrected chi connectivity index (χ2v) is 12.3. The Kier molecular flexibility index (Phi) is 10.5. The Hall–Kier alpha value is -6.96. The lowest BCUT2D eigenvalue weighted by Gasteiger charge is -2.37. The van der Waals surface area contributed by atoms with Crippen molar-refractivity contribution in [2.75, 3.05) is 14.1 Å². The Morgan fingerprint density at radius 3 is 1.60 bits per heavy atom. The molecule has 14 nitrogen and oxygen atoms in total. The van der Waals surface area contributed by atoms with Gasteiger partial charge in [0.1, 0.15) is 28.2 Å². The van der Waals surface area contributed by atoms with E-state index in [1.54, 1.807) is 12.5 Å². The van der Waals surface area contributed by atoms with Gasteiger partial charge >= 0.3 is 0 Å². The van der Waals surface area contributed by atoms with E-state index in [-0.39, 0.29) is 29.1 Å². The number of benzene rings is 3. The van der Waals surface area contributed by atoms with Gasteiger partial charge in [-0.2, -0.15) is 0 Å². The molecule has 2 aliphatic heterocycles. The average Bonchev–Trinajstić information content (AvgIpc) is 3.99. The smallest absolute Gasteiger partial charge is 0.261 e. The largest absolute Gasteiger partial charge is 0.509 e. The third-order valence-corrected chi connectivity index (χ3v) is 9.14. The molecule has 0 saturated heterocycles. The van der Waals surface area contributed by atoms with Crippen LogP contribution in [0.25, 0.3) is 0 Å². The summed E-state index contributed by atoms with van der Waals surface area (Å²) < 4.78 is 2.07. The predicted molar refractivity (Wildman–Crippen MR) is 194 cm³/mol. The van der Waals surface area contributed by atoms with Gasteiger partial charge in [0, 0.05) is 45.0 Å². The highest BCUT2D eigenvalue weighted by molar-refractivity contribution is 6.21. The predicted octanol–water partition coefficient (Wildman–Crippen LogP) is 2.33. The molecular formula is C39H38N8O6. The standard InChI is InChI=1S/C29H26N4O3.C10H12N4O3/c1-30-27(35)25-26(34)24(32-28(25)36)17-23-18-33(19-31-23)29(20-11-5-2-6-12-20,21-13-7-3-8-14-21)22-15-9-4-10-16-22;1-11-9(16)7-8(15)6(14-10(7)17)2-5-3-12-4-13-5/h2-16,18-19,24,34H,17H2,1H3,(H,30,35)(H,32,36);3-4,6,15H,2H2,1H3,(H,11,16)(H,12,13)(H,14,17). The molecule has 0 fully saturated rings. The average molecular weight is 715 g/mol. The van der Waals surface area contributed by atoms with Gasteiger partial charge in [-0.3, -0.25) is 19.2 Å². The van der Waals surface area contributed by atoms with Gasteiger partial charge in [0.05, 0.1) is 30.4 Å². The van der Waals surface area contributed by atoms with Crippen LogP contribution in [0.5, 0.6) is 0 Å². The topological polar surface area (TPSA) is 203 Å². The van der Waals surface area contributed by atoms with E-state index in [9.17, 15) is 29.4 Å². The maximum absolute atomic E-state index is 12.3. The zero-order valence-electron chi connectivity index (χ0n) is 28.9. The molecule has 270 valence electrons. The number of hydrogen-bond acceptors (Lipinski definition) is 8. The zero-order valence-corrected chi connectivity index (χ0v) is 28.9. The number of amides is 4.